The number of hydrogen-bond donors (Lipinski definition) is 1. The van der Waals surface area contributed by atoms with Crippen molar-refractivity contribution in [3.05, 3.63) is 39.7 Å². The fraction of sp³-hybridized carbons (Fsp3) is 0.417. The number of ether oxygens (including phenoxy) is 1. The fourth-order valence-corrected chi connectivity index (χ4v) is 1.97. The summed E-state index contributed by atoms with van der Waals surface area (Å²) in [6.45, 7) is 1.02. The molecule has 0 spiro atoms. The molecule has 1 aromatic carbocycles. The normalized spacial score (nSPS) is 18.9. The van der Waals surface area contributed by atoms with Gasteiger partial charge in [0.15, 0.2) is 0 Å². The summed E-state index contributed by atoms with van der Waals surface area (Å²) in [4.78, 5) is 22.1. The van der Waals surface area contributed by atoms with E-state index < -0.39 is 22.3 Å². The van der Waals surface area contributed by atoms with E-state index in [0.29, 0.717) is 13.2 Å². The van der Waals surface area contributed by atoms with E-state index in [9.17, 15) is 19.3 Å². The molecule has 2 rings (SSSR count). The molecule has 1 heterocycles. The van der Waals surface area contributed by atoms with Crippen LogP contribution in [0.15, 0.2) is 18.2 Å². The van der Waals surface area contributed by atoms with Crippen molar-refractivity contribution in [1.82, 2.24) is 5.32 Å². The SMILES string of the molecule is O=C(NC1CCCOC1)c1cc(F)ccc1[N+](=O)[O-]. The third kappa shape index (κ3) is 3.25. The van der Waals surface area contributed by atoms with Crippen LogP contribution >= 0.6 is 0 Å². The van der Waals surface area contributed by atoms with Crippen LogP contribution in [0.4, 0.5) is 10.1 Å². The summed E-state index contributed by atoms with van der Waals surface area (Å²) >= 11 is 0. The number of nitro groups is 1. The molecule has 102 valence electrons. The van der Waals surface area contributed by atoms with Gasteiger partial charge in [-0.15, -0.1) is 0 Å². The monoisotopic (exact) mass is 268 g/mol. The number of carbonyl (C=O) groups is 1. The minimum Gasteiger partial charge on any atom is -0.379 e. The molecule has 7 heteroatoms. The maximum absolute atomic E-state index is 13.1. The summed E-state index contributed by atoms with van der Waals surface area (Å²) in [7, 11) is 0. The largest absolute Gasteiger partial charge is 0.379 e. The number of nitrogens with zero attached hydrogens (tertiary/aromatic N) is 1. The molecular weight excluding hydrogens is 255 g/mol. The van der Waals surface area contributed by atoms with Gasteiger partial charge in [0.2, 0.25) is 0 Å². The highest BCUT2D eigenvalue weighted by atomic mass is 19.1. The zero-order chi connectivity index (χ0) is 13.8. The van der Waals surface area contributed by atoms with Crippen LogP contribution in [0.5, 0.6) is 0 Å². The van der Waals surface area contributed by atoms with Crippen molar-refractivity contribution in [2.24, 2.45) is 0 Å². The van der Waals surface area contributed by atoms with E-state index in [0.717, 1.165) is 31.0 Å². The van der Waals surface area contributed by atoms with Gasteiger partial charge in [0.05, 0.1) is 17.6 Å². The fourth-order valence-electron chi connectivity index (χ4n) is 1.97. The predicted molar refractivity (Wildman–Crippen MR) is 64.4 cm³/mol. The summed E-state index contributed by atoms with van der Waals surface area (Å²) in [5, 5.41) is 13.4. The van der Waals surface area contributed by atoms with Gasteiger partial charge in [-0.1, -0.05) is 0 Å². The van der Waals surface area contributed by atoms with Gasteiger partial charge in [-0.2, -0.15) is 0 Å². The Hall–Kier alpha value is -2.02. The lowest BCUT2D eigenvalue weighted by molar-refractivity contribution is -0.385. The first-order chi connectivity index (χ1) is 9.08. The number of benzene rings is 1. The third-order valence-electron chi connectivity index (χ3n) is 2.90. The van der Waals surface area contributed by atoms with Crippen LogP contribution in [0.3, 0.4) is 0 Å². The number of nitro benzene ring substituents is 1. The van der Waals surface area contributed by atoms with E-state index in [1.54, 1.807) is 0 Å². The first-order valence-corrected chi connectivity index (χ1v) is 5.90. The summed E-state index contributed by atoms with van der Waals surface area (Å²) in [5.74, 6) is -1.34. The lowest BCUT2D eigenvalue weighted by Crippen LogP contribution is -2.40. The van der Waals surface area contributed by atoms with Gasteiger partial charge in [-0.3, -0.25) is 14.9 Å². The Bertz CT molecular complexity index is 501. The average Bonchev–Trinajstić information content (AvgIpc) is 2.39. The van der Waals surface area contributed by atoms with Crippen molar-refractivity contribution in [3.63, 3.8) is 0 Å². The molecule has 1 N–H and O–H groups in total. The standard InChI is InChI=1S/C12H13FN2O4/c13-8-3-4-11(15(17)18)10(6-8)12(16)14-9-2-1-5-19-7-9/h3-4,6,9H,1-2,5,7H2,(H,14,16). The minimum atomic E-state index is -0.703. The highest BCUT2D eigenvalue weighted by Gasteiger charge is 2.24. The minimum absolute atomic E-state index is 0.191. The summed E-state index contributed by atoms with van der Waals surface area (Å²) in [6.07, 6.45) is 1.56. The molecular formula is C12H13FN2O4. The van der Waals surface area contributed by atoms with Gasteiger partial charge in [-0.25, -0.2) is 4.39 Å². The van der Waals surface area contributed by atoms with E-state index in [-0.39, 0.29) is 11.6 Å². The first kappa shape index (κ1) is 13.4. The van der Waals surface area contributed by atoms with Gasteiger partial charge in [0.25, 0.3) is 11.6 Å². The van der Waals surface area contributed by atoms with Crippen LogP contribution in [0, 0.1) is 15.9 Å². The van der Waals surface area contributed by atoms with Crippen LogP contribution < -0.4 is 5.32 Å². The molecule has 1 amide bonds. The Balaban J connectivity index is 2.17. The zero-order valence-corrected chi connectivity index (χ0v) is 10.1. The highest BCUT2D eigenvalue weighted by Crippen LogP contribution is 2.20. The van der Waals surface area contributed by atoms with Crippen molar-refractivity contribution < 1.29 is 18.8 Å². The molecule has 1 aromatic rings. The van der Waals surface area contributed by atoms with Gasteiger partial charge in [0, 0.05) is 12.7 Å². The van der Waals surface area contributed by atoms with Crippen molar-refractivity contribution in [3.8, 4) is 0 Å². The summed E-state index contributed by atoms with van der Waals surface area (Å²) < 4.78 is 18.3. The molecule has 1 atom stereocenters. The molecule has 0 radical (unpaired) electrons. The van der Waals surface area contributed by atoms with E-state index in [2.05, 4.69) is 5.32 Å². The molecule has 1 unspecified atom stereocenters. The molecule has 0 bridgehead atoms. The lowest BCUT2D eigenvalue weighted by atomic mass is 10.1. The van der Waals surface area contributed by atoms with Crippen molar-refractivity contribution in [1.29, 1.82) is 0 Å². The molecule has 1 aliphatic heterocycles. The molecule has 6 nitrogen and oxygen atoms in total. The number of hydrogen-bond acceptors (Lipinski definition) is 4. The number of amides is 1. The van der Waals surface area contributed by atoms with Crippen LogP contribution in [-0.2, 0) is 4.74 Å². The smallest absolute Gasteiger partial charge is 0.282 e. The Morgan fingerprint density at radius 3 is 2.95 bits per heavy atom. The Morgan fingerprint density at radius 1 is 1.53 bits per heavy atom. The second-order valence-corrected chi connectivity index (χ2v) is 4.31. The Labute approximate surface area is 108 Å². The van der Waals surface area contributed by atoms with E-state index >= 15 is 0 Å². The van der Waals surface area contributed by atoms with E-state index in [4.69, 9.17) is 4.74 Å². The second kappa shape index (κ2) is 5.75. The molecule has 1 aliphatic rings. The van der Waals surface area contributed by atoms with Gasteiger partial charge >= 0.3 is 0 Å². The number of rotatable bonds is 3. The highest BCUT2D eigenvalue weighted by molar-refractivity contribution is 5.98. The van der Waals surface area contributed by atoms with Crippen LogP contribution in [0.25, 0.3) is 0 Å². The molecule has 1 saturated heterocycles. The lowest BCUT2D eigenvalue weighted by Gasteiger charge is -2.23. The predicted octanol–water partition coefficient (Wildman–Crippen LogP) is 1.64. The maximum Gasteiger partial charge on any atom is 0.282 e. The molecule has 19 heavy (non-hydrogen) atoms. The van der Waals surface area contributed by atoms with E-state index in [1.807, 2.05) is 0 Å². The number of carbonyl (C=O) groups excluding carboxylic acids is 1. The molecule has 0 aromatic heterocycles. The van der Waals surface area contributed by atoms with Crippen molar-refractivity contribution in [2.45, 2.75) is 18.9 Å². The molecule has 0 saturated carbocycles. The molecule has 1 fully saturated rings. The topological polar surface area (TPSA) is 81.5 Å². The summed E-state index contributed by atoms with van der Waals surface area (Å²) in [6, 6.07) is 2.63. The van der Waals surface area contributed by atoms with Crippen LogP contribution in [-0.4, -0.2) is 30.1 Å². The van der Waals surface area contributed by atoms with Gasteiger partial charge in [0.1, 0.15) is 11.4 Å². The Morgan fingerprint density at radius 2 is 2.32 bits per heavy atom. The molecule has 0 aliphatic carbocycles. The zero-order valence-electron chi connectivity index (χ0n) is 10.1. The van der Waals surface area contributed by atoms with Gasteiger partial charge < -0.3 is 10.1 Å². The number of nitrogens with one attached hydrogen (secondary N) is 1. The average molecular weight is 268 g/mol. The third-order valence-corrected chi connectivity index (χ3v) is 2.90. The van der Waals surface area contributed by atoms with E-state index in [1.165, 1.54) is 0 Å². The van der Waals surface area contributed by atoms with Crippen molar-refractivity contribution in [2.75, 3.05) is 13.2 Å². The second-order valence-electron chi connectivity index (χ2n) is 4.31. The Kier molecular flexibility index (Phi) is 4.06. The maximum atomic E-state index is 13.1. The quantitative estimate of drug-likeness (QED) is 0.667. The van der Waals surface area contributed by atoms with Crippen LogP contribution in [0.2, 0.25) is 0 Å². The first-order valence-electron chi connectivity index (χ1n) is 5.90. The van der Waals surface area contributed by atoms with Crippen molar-refractivity contribution >= 4 is 11.6 Å². The van der Waals surface area contributed by atoms with Crippen LogP contribution in [0.1, 0.15) is 23.2 Å². The summed E-state index contributed by atoms with van der Waals surface area (Å²) in [5.41, 5.74) is -0.675. The number of halogens is 1. The van der Waals surface area contributed by atoms with Gasteiger partial charge in [-0.05, 0) is 25.0 Å².